The number of nitrogens with one attached hydrogen (secondary N) is 3. The number of halogens is 4. The first-order valence-electron chi connectivity index (χ1n) is 11.1. The molecule has 38 heavy (non-hydrogen) atoms. The smallest absolute Gasteiger partial charge is 0.417 e. The van der Waals surface area contributed by atoms with Crippen molar-refractivity contribution in [3.63, 3.8) is 0 Å². The van der Waals surface area contributed by atoms with E-state index in [9.17, 15) is 27.6 Å². The van der Waals surface area contributed by atoms with Crippen molar-refractivity contribution < 1.29 is 37.0 Å². The highest BCUT2D eigenvalue weighted by atomic mass is 35.5. The van der Waals surface area contributed by atoms with Crippen molar-refractivity contribution in [1.82, 2.24) is 10.3 Å². The summed E-state index contributed by atoms with van der Waals surface area (Å²) >= 11 is 5.59. The number of carbonyl (C=O) groups excluding carboxylic acids is 3. The Labute approximate surface area is 220 Å². The van der Waals surface area contributed by atoms with E-state index in [-0.39, 0.29) is 18.8 Å². The first kappa shape index (κ1) is 28.3. The Morgan fingerprint density at radius 3 is 2.32 bits per heavy atom. The number of alkyl halides is 3. The molecule has 0 radical (unpaired) electrons. The lowest BCUT2D eigenvalue weighted by Crippen LogP contribution is -2.26. The molecule has 3 aromatic rings. The van der Waals surface area contributed by atoms with Crippen LogP contribution in [0.3, 0.4) is 0 Å². The van der Waals surface area contributed by atoms with Crippen LogP contribution in [-0.2, 0) is 27.0 Å². The molecule has 0 atom stereocenters. The highest BCUT2D eigenvalue weighted by molar-refractivity contribution is 6.31. The van der Waals surface area contributed by atoms with E-state index in [4.69, 9.17) is 21.1 Å². The predicted molar refractivity (Wildman–Crippen MR) is 133 cm³/mol. The number of rotatable bonds is 9. The van der Waals surface area contributed by atoms with Gasteiger partial charge >= 0.3 is 18.2 Å². The highest BCUT2D eigenvalue weighted by Gasteiger charge is 2.33. The first-order valence-corrected chi connectivity index (χ1v) is 11.5. The molecule has 3 N–H and O–H groups in total. The molecule has 0 saturated heterocycles. The number of carbonyl (C=O) groups is 3. The number of nitrogens with zero attached hydrogens (tertiary/aromatic N) is 1. The summed E-state index contributed by atoms with van der Waals surface area (Å²) in [6.07, 6.45) is -3.56. The Balaban J connectivity index is 1.53. The maximum atomic E-state index is 13.0. The molecule has 1 heterocycles. The van der Waals surface area contributed by atoms with Crippen molar-refractivity contribution in [2.45, 2.75) is 26.1 Å². The van der Waals surface area contributed by atoms with Gasteiger partial charge in [0.2, 0.25) is 5.91 Å². The Morgan fingerprint density at radius 1 is 0.947 bits per heavy atom. The van der Waals surface area contributed by atoms with Crippen LogP contribution in [0.2, 0.25) is 5.02 Å². The van der Waals surface area contributed by atoms with Gasteiger partial charge in [0.15, 0.2) is 0 Å². The van der Waals surface area contributed by atoms with Crippen molar-refractivity contribution >= 4 is 40.9 Å². The standard InChI is InChI=1S/C25H22ClF3N4O5/c1-2-37-23(35)13-22(34)31-14-17-11-19(9-10-30-17)38-18-6-3-15(4-7-18)32-24(36)33-16-5-8-21(26)20(12-16)25(27,28)29/h3-12H,2,13-14H2,1H3,(H,31,34)(H2,32,33,36). The minimum absolute atomic E-state index is 0.0749. The van der Waals surface area contributed by atoms with Crippen molar-refractivity contribution in [2.24, 2.45) is 0 Å². The van der Waals surface area contributed by atoms with Crippen molar-refractivity contribution in [3.8, 4) is 11.5 Å². The van der Waals surface area contributed by atoms with Gasteiger partial charge in [0, 0.05) is 23.6 Å². The number of pyridine rings is 1. The molecule has 3 rings (SSSR count). The summed E-state index contributed by atoms with van der Waals surface area (Å²) in [5.74, 6) is -0.269. The molecule has 0 saturated carbocycles. The summed E-state index contributed by atoms with van der Waals surface area (Å²) in [5, 5.41) is 6.93. The van der Waals surface area contributed by atoms with Gasteiger partial charge in [-0.05, 0) is 55.5 Å². The third-order valence-corrected chi connectivity index (χ3v) is 5.07. The minimum atomic E-state index is -4.66. The number of ether oxygens (including phenoxy) is 2. The van der Waals surface area contributed by atoms with Crippen LogP contribution in [0.25, 0.3) is 0 Å². The summed E-state index contributed by atoms with van der Waals surface area (Å²) in [4.78, 5) is 39.5. The van der Waals surface area contributed by atoms with Crippen LogP contribution < -0.4 is 20.7 Å². The molecule has 0 bridgehead atoms. The molecule has 0 spiro atoms. The first-order chi connectivity index (χ1) is 18.0. The largest absolute Gasteiger partial charge is 0.466 e. The van der Waals surface area contributed by atoms with Gasteiger partial charge in [-0.15, -0.1) is 0 Å². The van der Waals surface area contributed by atoms with E-state index in [2.05, 4.69) is 20.9 Å². The molecule has 0 aliphatic heterocycles. The number of benzene rings is 2. The van der Waals surface area contributed by atoms with Crippen LogP contribution in [0, 0.1) is 0 Å². The lowest BCUT2D eigenvalue weighted by Gasteiger charge is -2.13. The second-order valence-electron chi connectivity index (χ2n) is 7.64. The van der Waals surface area contributed by atoms with Gasteiger partial charge < -0.3 is 25.4 Å². The number of amides is 3. The zero-order valence-electron chi connectivity index (χ0n) is 19.9. The van der Waals surface area contributed by atoms with Crippen LogP contribution in [0.15, 0.2) is 60.8 Å². The van der Waals surface area contributed by atoms with E-state index in [1.165, 1.54) is 24.4 Å². The minimum Gasteiger partial charge on any atom is -0.466 e. The lowest BCUT2D eigenvalue weighted by molar-refractivity contribution is -0.146. The maximum Gasteiger partial charge on any atom is 0.417 e. The highest BCUT2D eigenvalue weighted by Crippen LogP contribution is 2.36. The monoisotopic (exact) mass is 550 g/mol. The quantitative estimate of drug-likeness (QED) is 0.230. The van der Waals surface area contributed by atoms with Gasteiger partial charge in [0.1, 0.15) is 17.9 Å². The van der Waals surface area contributed by atoms with Crippen LogP contribution in [0.5, 0.6) is 11.5 Å². The zero-order chi connectivity index (χ0) is 27.7. The second-order valence-corrected chi connectivity index (χ2v) is 8.05. The molecule has 0 fully saturated rings. The predicted octanol–water partition coefficient (Wildman–Crippen LogP) is 5.76. The fourth-order valence-corrected chi connectivity index (χ4v) is 3.29. The molecule has 200 valence electrons. The summed E-state index contributed by atoms with van der Waals surface area (Å²) in [6.45, 7) is 1.91. The molecule has 3 amide bonds. The Hall–Kier alpha value is -4.32. The van der Waals surface area contributed by atoms with E-state index in [1.807, 2.05) is 0 Å². The SMILES string of the molecule is CCOC(=O)CC(=O)NCc1cc(Oc2ccc(NC(=O)Nc3ccc(Cl)c(C(F)(F)F)c3)cc2)ccn1. The van der Waals surface area contributed by atoms with Crippen molar-refractivity contribution in [3.05, 3.63) is 77.1 Å². The molecular formula is C25H22ClF3N4O5. The molecule has 2 aromatic carbocycles. The maximum absolute atomic E-state index is 13.0. The van der Waals surface area contributed by atoms with Gasteiger partial charge in [0.25, 0.3) is 0 Å². The molecule has 9 nitrogen and oxygen atoms in total. The number of hydrogen-bond donors (Lipinski definition) is 3. The van der Waals surface area contributed by atoms with E-state index >= 15 is 0 Å². The Morgan fingerprint density at radius 2 is 1.63 bits per heavy atom. The molecular weight excluding hydrogens is 529 g/mol. The number of anilines is 2. The van der Waals surface area contributed by atoms with Gasteiger partial charge in [-0.25, -0.2) is 4.79 Å². The Bertz CT molecular complexity index is 1300. The molecule has 0 aliphatic carbocycles. The van der Waals surface area contributed by atoms with E-state index in [0.29, 0.717) is 22.9 Å². The van der Waals surface area contributed by atoms with Gasteiger partial charge in [-0.2, -0.15) is 13.2 Å². The van der Waals surface area contributed by atoms with Gasteiger partial charge in [-0.1, -0.05) is 11.6 Å². The Kier molecular flexibility index (Phi) is 9.49. The average Bonchev–Trinajstić information content (AvgIpc) is 2.85. The van der Waals surface area contributed by atoms with Crippen molar-refractivity contribution in [1.29, 1.82) is 0 Å². The normalized spacial score (nSPS) is 10.9. The van der Waals surface area contributed by atoms with E-state index in [0.717, 1.165) is 12.1 Å². The number of aromatic nitrogens is 1. The van der Waals surface area contributed by atoms with E-state index < -0.39 is 41.1 Å². The van der Waals surface area contributed by atoms with Crippen LogP contribution in [0.4, 0.5) is 29.3 Å². The number of esters is 1. The van der Waals surface area contributed by atoms with Crippen LogP contribution in [0.1, 0.15) is 24.6 Å². The van der Waals surface area contributed by atoms with Crippen LogP contribution >= 0.6 is 11.6 Å². The van der Waals surface area contributed by atoms with E-state index in [1.54, 1.807) is 31.2 Å². The van der Waals surface area contributed by atoms with Crippen LogP contribution in [-0.4, -0.2) is 29.5 Å². The second kappa shape index (κ2) is 12.8. The number of urea groups is 1. The summed E-state index contributed by atoms with van der Waals surface area (Å²) in [5.41, 5.74) is -0.285. The summed E-state index contributed by atoms with van der Waals surface area (Å²) in [7, 11) is 0. The van der Waals surface area contributed by atoms with Gasteiger partial charge in [0.05, 0.1) is 29.4 Å². The topological polar surface area (TPSA) is 119 Å². The molecule has 0 unspecified atom stereocenters. The number of hydrogen-bond acceptors (Lipinski definition) is 6. The van der Waals surface area contributed by atoms with Crippen molar-refractivity contribution in [2.75, 3.05) is 17.2 Å². The molecule has 1 aromatic heterocycles. The fourth-order valence-electron chi connectivity index (χ4n) is 3.07. The summed E-state index contributed by atoms with van der Waals surface area (Å²) in [6, 6.07) is 11.7. The third kappa shape index (κ3) is 8.66. The summed E-state index contributed by atoms with van der Waals surface area (Å²) < 4.78 is 49.5. The average molecular weight is 551 g/mol. The fraction of sp³-hybridized carbons (Fsp3) is 0.200. The zero-order valence-corrected chi connectivity index (χ0v) is 20.7. The van der Waals surface area contributed by atoms with Gasteiger partial charge in [-0.3, -0.25) is 14.6 Å². The third-order valence-electron chi connectivity index (χ3n) is 4.74. The lowest BCUT2D eigenvalue weighted by atomic mass is 10.2. The molecule has 0 aliphatic rings. The molecule has 13 heteroatoms.